The molecule has 13 heteroatoms. The number of nitro groups is 1. The third-order valence-electron chi connectivity index (χ3n) is 4.52. The van der Waals surface area contributed by atoms with Crippen molar-refractivity contribution in [3.8, 4) is 17.6 Å². The molecule has 36 heavy (non-hydrogen) atoms. The molecule has 3 rings (SSSR count). The number of anilines is 1. The van der Waals surface area contributed by atoms with Crippen LogP contribution in [0.3, 0.4) is 0 Å². The number of hydrogen-bond donors (Lipinski definition) is 1. The number of hydrogen-bond acceptors (Lipinski definition) is 5. The molecule has 0 radical (unpaired) electrons. The molecule has 0 aliphatic carbocycles. The number of nitro benzene ring substituents is 1. The van der Waals surface area contributed by atoms with Gasteiger partial charge in [0.15, 0.2) is 5.75 Å². The van der Waals surface area contributed by atoms with Crippen molar-refractivity contribution < 1.29 is 27.6 Å². The lowest BCUT2D eigenvalue weighted by molar-refractivity contribution is -0.385. The van der Waals surface area contributed by atoms with Crippen LogP contribution in [0, 0.1) is 21.4 Å². The van der Waals surface area contributed by atoms with Crippen molar-refractivity contribution in [2.45, 2.75) is 6.18 Å². The number of ether oxygens (including phenoxy) is 1. The Bertz CT molecular complexity index is 1440. The van der Waals surface area contributed by atoms with Crippen LogP contribution in [0.5, 0.6) is 11.5 Å². The molecule has 0 aliphatic rings. The van der Waals surface area contributed by atoms with Crippen LogP contribution in [0.4, 0.5) is 24.5 Å². The lowest BCUT2D eigenvalue weighted by atomic mass is 10.1. The Kier molecular flexibility index (Phi) is 8.10. The van der Waals surface area contributed by atoms with Crippen molar-refractivity contribution in [1.29, 1.82) is 5.26 Å². The molecule has 1 N–H and O–H groups in total. The Morgan fingerprint density at radius 2 is 1.78 bits per heavy atom. The number of nitriles is 1. The molecule has 0 saturated carbocycles. The minimum atomic E-state index is -4.83. The number of carbonyl (C=O) groups excluding carboxylic acids is 1. The molecular weight excluding hydrogens is 546 g/mol. The molecule has 3 aromatic carbocycles. The SMILES string of the molecule is N#C/C(=C\c1cc(Cl)cc(Cl)c1Oc1ccc(C(F)(F)F)cc1[N+](=O)[O-])C(=O)Nc1ccccc1Cl. The minimum absolute atomic E-state index is 0.0486. The van der Waals surface area contributed by atoms with E-state index in [1.54, 1.807) is 18.2 Å². The van der Waals surface area contributed by atoms with Crippen molar-refractivity contribution in [3.63, 3.8) is 0 Å². The Morgan fingerprint density at radius 1 is 1.08 bits per heavy atom. The average Bonchev–Trinajstić information content (AvgIpc) is 2.80. The molecule has 0 saturated heterocycles. The number of alkyl halides is 3. The monoisotopic (exact) mass is 555 g/mol. The van der Waals surface area contributed by atoms with E-state index in [1.165, 1.54) is 24.3 Å². The first kappa shape index (κ1) is 26.8. The second kappa shape index (κ2) is 10.9. The average molecular weight is 557 g/mol. The zero-order valence-corrected chi connectivity index (χ0v) is 19.8. The normalized spacial score (nSPS) is 11.5. The van der Waals surface area contributed by atoms with Crippen LogP contribution in [-0.4, -0.2) is 10.8 Å². The van der Waals surface area contributed by atoms with Gasteiger partial charge in [0.1, 0.15) is 11.6 Å². The molecule has 184 valence electrons. The fourth-order valence-electron chi connectivity index (χ4n) is 2.88. The van der Waals surface area contributed by atoms with Crippen molar-refractivity contribution in [2.75, 3.05) is 5.32 Å². The van der Waals surface area contributed by atoms with E-state index in [0.29, 0.717) is 12.1 Å². The molecule has 0 fully saturated rings. The highest BCUT2D eigenvalue weighted by molar-refractivity contribution is 6.36. The van der Waals surface area contributed by atoms with Crippen molar-refractivity contribution in [1.82, 2.24) is 0 Å². The van der Waals surface area contributed by atoms with Gasteiger partial charge in [-0.05, 0) is 42.5 Å². The first-order valence-electron chi connectivity index (χ1n) is 9.61. The topological polar surface area (TPSA) is 105 Å². The van der Waals surface area contributed by atoms with E-state index in [4.69, 9.17) is 39.5 Å². The molecule has 0 atom stereocenters. The van der Waals surface area contributed by atoms with Crippen molar-refractivity contribution >= 4 is 58.2 Å². The van der Waals surface area contributed by atoms with Gasteiger partial charge in [0, 0.05) is 16.7 Å². The fourth-order valence-corrected chi connectivity index (χ4v) is 3.61. The highest BCUT2D eigenvalue weighted by Crippen LogP contribution is 2.42. The van der Waals surface area contributed by atoms with Crippen LogP contribution >= 0.6 is 34.8 Å². The molecular formula is C23H11Cl3F3N3O4. The summed E-state index contributed by atoms with van der Waals surface area (Å²) in [5, 5.41) is 23.5. The summed E-state index contributed by atoms with van der Waals surface area (Å²) in [5.74, 6) is -1.71. The van der Waals surface area contributed by atoms with Crippen LogP contribution in [-0.2, 0) is 11.0 Å². The summed E-state index contributed by atoms with van der Waals surface area (Å²) in [6, 6.07) is 12.1. The summed E-state index contributed by atoms with van der Waals surface area (Å²) in [6.07, 6.45) is -3.78. The predicted octanol–water partition coefficient (Wildman–Crippen LogP) is 7.91. The maximum absolute atomic E-state index is 13.0. The van der Waals surface area contributed by atoms with Gasteiger partial charge >= 0.3 is 11.9 Å². The molecule has 3 aromatic rings. The summed E-state index contributed by atoms with van der Waals surface area (Å²) >= 11 is 18.2. The number of nitrogens with zero attached hydrogens (tertiary/aromatic N) is 2. The Morgan fingerprint density at radius 3 is 2.39 bits per heavy atom. The van der Waals surface area contributed by atoms with Gasteiger partial charge in [0.25, 0.3) is 5.91 Å². The second-order valence-corrected chi connectivity index (χ2v) is 8.20. The number of halogens is 6. The molecule has 0 unspecified atom stereocenters. The maximum Gasteiger partial charge on any atom is 0.416 e. The van der Waals surface area contributed by atoms with Crippen LogP contribution in [0.15, 0.2) is 60.2 Å². The number of carbonyl (C=O) groups is 1. The Balaban J connectivity index is 2.06. The van der Waals surface area contributed by atoms with E-state index in [0.717, 1.165) is 12.1 Å². The number of benzene rings is 3. The first-order chi connectivity index (χ1) is 16.9. The van der Waals surface area contributed by atoms with Crippen LogP contribution in [0.1, 0.15) is 11.1 Å². The molecule has 1 amide bonds. The van der Waals surface area contributed by atoms with Gasteiger partial charge in [-0.2, -0.15) is 18.4 Å². The van der Waals surface area contributed by atoms with E-state index < -0.39 is 39.6 Å². The minimum Gasteiger partial charge on any atom is -0.448 e. The number of rotatable bonds is 6. The van der Waals surface area contributed by atoms with Gasteiger partial charge in [-0.3, -0.25) is 14.9 Å². The quantitative estimate of drug-likeness (QED) is 0.144. The molecule has 0 spiro atoms. The number of nitrogens with one attached hydrogen (secondary N) is 1. The molecule has 0 aromatic heterocycles. The van der Waals surface area contributed by atoms with Gasteiger partial charge in [0.05, 0.1) is 26.2 Å². The summed E-state index contributed by atoms with van der Waals surface area (Å²) in [4.78, 5) is 23.0. The summed E-state index contributed by atoms with van der Waals surface area (Å²) in [5.41, 5.74) is -2.51. The van der Waals surface area contributed by atoms with Gasteiger partial charge in [-0.25, -0.2) is 0 Å². The largest absolute Gasteiger partial charge is 0.448 e. The predicted molar refractivity (Wildman–Crippen MR) is 128 cm³/mol. The maximum atomic E-state index is 13.0. The molecule has 0 bridgehead atoms. The van der Waals surface area contributed by atoms with Crippen molar-refractivity contribution in [2.24, 2.45) is 0 Å². The van der Waals surface area contributed by atoms with E-state index in [9.17, 15) is 33.3 Å². The number of amides is 1. The lowest BCUT2D eigenvalue weighted by Crippen LogP contribution is -2.13. The molecule has 0 aliphatic heterocycles. The van der Waals surface area contributed by atoms with E-state index in [2.05, 4.69) is 5.32 Å². The number of para-hydroxylation sites is 1. The standard InChI is InChI=1S/C23H11Cl3F3N3O4/c24-15-8-12(7-13(11-30)22(33)31-18-4-2-1-3-16(18)25)21(17(26)10-15)36-20-6-5-14(23(27,28)29)9-19(20)32(34)35/h1-10H,(H,31,33)/b13-7+. The molecule has 7 nitrogen and oxygen atoms in total. The van der Waals surface area contributed by atoms with Crippen LogP contribution in [0.2, 0.25) is 15.1 Å². The van der Waals surface area contributed by atoms with Gasteiger partial charge < -0.3 is 10.1 Å². The van der Waals surface area contributed by atoms with E-state index in [-0.39, 0.29) is 32.1 Å². The first-order valence-corrected chi connectivity index (χ1v) is 10.7. The zero-order valence-electron chi connectivity index (χ0n) is 17.6. The van der Waals surface area contributed by atoms with Crippen LogP contribution < -0.4 is 10.1 Å². The highest BCUT2D eigenvalue weighted by Gasteiger charge is 2.33. The van der Waals surface area contributed by atoms with Gasteiger partial charge in [0.2, 0.25) is 5.75 Å². The van der Waals surface area contributed by atoms with Crippen molar-refractivity contribution in [3.05, 3.63) is 96.5 Å². The summed E-state index contributed by atoms with van der Waals surface area (Å²) in [6.45, 7) is 0. The van der Waals surface area contributed by atoms with Gasteiger partial charge in [-0.15, -0.1) is 0 Å². The van der Waals surface area contributed by atoms with E-state index >= 15 is 0 Å². The molecule has 0 heterocycles. The Hall–Kier alpha value is -3.78. The Labute approximate surface area is 216 Å². The zero-order chi connectivity index (χ0) is 26.6. The van der Waals surface area contributed by atoms with Crippen LogP contribution in [0.25, 0.3) is 6.08 Å². The summed E-state index contributed by atoms with van der Waals surface area (Å²) in [7, 11) is 0. The third kappa shape index (κ3) is 6.26. The highest BCUT2D eigenvalue weighted by atomic mass is 35.5. The smallest absolute Gasteiger partial charge is 0.416 e. The fraction of sp³-hybridized carbons (Fsp3) is 0.0435. The second-order valence-electron chi connectivity index (χ2n) is 6.95. The summed E-state index contributed by atoms with van der Waals surface area (Å²) < 4.78 is 44.6. The van der Waals surface area contributed by atoms with E-state index in [1.807, 2.05) is 0 Å². The third-order valence-corrected chi connectivity index (χ3v) is 5.35. The lowest BCUT2D eigenvalue weighted by Gasteiger charge is -2.14. The van der Waals surface area contributed by atoms with Gasteiger partial charge in [-0.1, -0.05) is 46.9 Å².